The predicted octanol–water partition coefficient (Wildman–Crippen LogP) is 3.30. The highest BCUT2D eigenvalue weighted by Gasteiger charge is 2.34. The molecule has 0 aromatic rings. The Bertz CT molecular complexity index is 252. The summed E-state index contributed by atoms with van der Waals surface area (Å²) in [6, 6.07) is 0. The molecule has 4 heteroatoms. The molecule has 1 N–H and O–H groups in total. The van der Waals surface area contributed by atoms with Crippen molar-refractivity contribution in [3.63, 3.8) is 0 Å². The maximum Gasteiger partial charge on any atom is 0.505 e. The van der Waals surface area contributed by atoms with Crippen LogP contribution in [0.5, 0.6) is 0 Å². The lowest BCUT2D eigenvalue weighted by Gasteiger charge is -2.41. The molecule has 0 bridgehead atoms. The van der Waals surface area contributed by atoms with Crippen LogP contribution in [0.3, 0.4) is 0 Å². The topological polar surface area (TPSA) is 55.8 Å². The standard InChI is InChI=1S/C13H24O4/c1-10(2)13(3)6-4-5-11(9-13)16-7-8-17-12(14)15/h10-11H,4-9H2,1-3H3,(H,14,15). The van der Waals surface area contributed by atoms with Crippen molar-refractivity contribution in [3.8, 4) is 0 Å². The molecule has 1 aliphatic rings. The summed E-state index contributed by atoms with van der Waals surface area (Å²) in [4.78, 5) is 10.2. The van der Waals surface area contributed by atoms with E-state index in [1.54, 1.807) is 0 Å². The van der Waals surface area contributed by atoms with E-state index in [1.807, 2.05) is 0 Å². The van der Waals surface area contributed by atoms with Crippen LogP contribution in [0.15, 0.2) is 0 Å². The van der Waals surface area contributed by atoms with E-state index in [1.165, 1.54) is 12.8 Å². The van der Waals surface area contributed by atoms with Gasteiger partial charge >= 0.3 is 6.16 Å². The summed E-state index contributed by atoms with van der Waals surface area (Å²) in [7, 11) is 0. The first-order valence-corrected chi connectivity index (χ1v) is 6.41. The largest absolute Gasteiger partial charge is 0.505 e. The lowest BCUT2D eigenvalue weighted by molar-refractivity contribution is -0.0412. The van der Waals surface area contributed by atoms with Crippen LogP contribution in [0.25, 0.3) is 0 Å². The van der Waals surface area contributed by atoms with Gasteiger partial charge in [-0.05, 0) is 30.6 Å². The van der Waals surface area contributed by atoms with Crippen molar-refractivity contribution < 1.29 is 19.4 Å². The Balaban J connectivity index is 2.28. The summed E-state index contributed by atoms with van der Waals surface area (Å²) >= 11 is 0. The first-order valence-electron chi connectivity index (χ1n) is 6.41. The second-order valence-electron chi connectivity index (χ2n) is 5.51. The summed E-state index contributed by atoms with van der Waals surface area (Å²) in [5.41, 5.74) is 0.358. The number of ether oxygens (including phenoxy) is 2. The second kappa shape index (κ2) is 6.24. The second-order valence-corrected chi connectivity index (χ2v) is 5.51. The first kappa shape index (κ1) is 14.3. The number of hydrogen-bond acceptors (Lipinski definition) is 3. The van der Waals surface area contributed by atoms with Crippen molar-refractivity contribution in [2.24, 2.45) is 11.3 Å². The monoisotopic (exact) mass is 244 g/mol. The SMILES string of the molecule is CC(C)C1(C)CCCC(OCCOC(=O)O)C1. The Morgan fingerprint density at radius 3 is 2.76 bits per heavy atom. The Kier molecular flexibility index (Phi) is 5.25. The smallest absolute Gasteiger partial charge is 0.450 e. The van der Waals surface area contributed by atoms with Crippen molar-refractivity contribution in [2.75, 3.05) is 13.2 Å². The van der Waals surface area contributed by atoms with E-state index >= 15 is 0 Å². The molecule has 0 radical (unpaired) electrons. The van der Waals surface area contributed by atoms with Gasteiger partial charge in [-0.25, -0.2) is 4.79 Å². The maximum atomic E-state index is 10.2. The third-order valence-corrected chi connectivity index (χ3v) is 4.02. The van der Waals surface area contributed by atoms with Gasteiger partial charge in [0.2, 0.25) is 0 Å². The fraction of sp³-hybridized carbons (Fsp3) is 0.923. The van der Waals surface area contributed by atoms with E-state index in [2.05, 4.69) is 25.5 Å². The van der Waals surface area contributed by atoms with Gasteiger partial charge in [0, 0.05) is 0 Å². The summed E-state index contributed by atoms with van der Waals surface area (Å²) in [6.07, 6.45) is 3.63. The Morgan fingerprint density at radius 2 is 2.18 bits per heavy atom. The molecule has 0 spiro atoms. The molecule has 17 heavy (non-hydrogen) atoms. The zero-order chi connectivity index (χ0) is 12.9. The highest BCUT2D eigenvalue weighted by Crippen LogP contribution is 2.42. The van der Waals surface area contributed by atoms with Crippen LogP contribution in [0.1, 0.15) is 46.5 Å². The molecule has 4 nitrogen and oxygen atoms in total. The molecule has 1 saturated carbocycles. The fourth-order valence-corrected chi connectivity index (χ4v) is 2.47. The lowest BCUT2D eigenvalue weighted by Crippen LogP contribution is -2.35. The molecule has 2 atom stereocenters. The van der Waals surface area contributed by atoms with Gasteiger partial charge in [-0.15, -0.1) is 0 Å². The van der Waals surface area contributed by atoms with Crippen LogP contribution >= 0.6 is 0 Å². The number of hydrogen-bond donors (Lipinski definition) is 1. The van der Waals surface area contributed by atoms with Gasteiger partial charge in [-0.2, -0.15) is 0 Å². The number of carbonyl (C=O) groups is 1. The van der Waals surface area contributed by atoms with Crippen molar-refractivity contribution in [1.29, 1.82) is 0 Å². The summed E-state index contributed by atoms with van der Waals surface area (Å²) in [5, 5.41) is 8.33. The number of carboxylic acid groups (broad SMARTS) is 1. The van der Waals surface area contributed by atoms with Crippen molar-refractivity contribution >= 4 is 6.16 Å². The Labute approximate surface area is 103 Å². The van der Waals surface area contributed by atoms with Gasteiger partial charge in [0.05, 0.1) is 12.7 Å². The van der Waals surface area contributed by atoms with Gasteiger partial charge in [0.1, 0.15) is 6.61 Å². The average molecular weight is 244 g/mol. The molecule has 0 aliphatic heterocycles. The van der Waals surface area contributed by atoms with Gasteiger partial charge < -0.3 is 14.6 Å². The van der Waals surface area contributed by atoms with Crippen LogP contribution in [0.4, 0.5) is 4.79 Å². The Hall–Kier alpha value is -0.770. The molecule has 0 aromatic heterocycles. The number of rotatable bonds is 5. The van der Waals surface area contributed by atoms with E-state index in [9.17, 15) is 4.79 Å². The fourth-order valence-electron chi connectivity index (χ4n) is 2.47. The molecule has 0 amide bonds. The Morgan fingerprint density at radius 1 is 1.47 bits per heavy atom. The maximum absolute atomic E-state index is 10.2. The van der Waals surface area contributed by atoms with E-state index in [-0.39, 0.29) is 12.7 Å². The van der Waals surface area contributed by atoms with Crippen LogP contribution in [-0.4, -0.2) is 30.6 Å². The molecular formula is C13H24O4. The molecule has 1 fully saturated rings. The minimum absolute atomic E-state index is 0.129. The highest BCUT2D eigenvalue weighted by molar-refractivity contribution is 5.56. The third kappa shape index (κ3) is 4.54. The van der Waals surface area contributed by atoms with Gasteiger partial charge in [0.15, 0.2) is 0 Å². The zero-order valence-electron chi connectivity index (χ0n) is 11.1. The van der Waals surface area contributed by atoms with Crippen LogP contribution in [0, 0.1) is 11.3 Å². The average Bonchev–Trinajstić information content (AvgIpc) is 2.24. The third-order valence-electron chi connectivity index (χ3n) is 4.02. The summed E-state index contributed by atoms with van der Waals surface area (Å²) in [5.74, 6) is 0.657. The first-order chi connectivity index (χ1) is 7.94. The van der Waals surface area contributed by atoms with Gasteiger partial charge in [0.25, 0.3) is 0 Å². The van der Waals surface area contributed by atoms with E-state index in [4.69, 9.17) is 9.84 Å². The van der Waals surface area contributed by atoms with E-state index in [0.29, 0.717) is 17.9 Å². The zero-order valence-corrected chi connectivity index (χ0v) is 11.1. The molecular weight excluding hydrogens is 220 g/mol. The quantitative estimate of drug-likeness (QED) is 0.595. The van der Waals surface area contributed by atoms with Crippen LogP contribution < -0.4 is 0 Å². The van der Waals surface area contributed by atoms with Crippen LogP contribution in [-0.2, 0) is 9.47 Å². The molecule has 100 valence electrons. The van der Waals surface area contributed by atoms with Crippen molar-refractivity contribution in [2.45, 2.75) is 52.6 Å². The van der Waals surface area contributed by atoms with Crippen molar-refractivity contribution in [1.82, 2.24) is 0 Å². The summed E-state index contributed by atoms with van der Waals surface area (Å²) < 4.78 is 10.1. The minimum Gasteiger partial charge on any atom is -0.450 e. The van der Waals surface area contributed by atoms with Crippen LogP contribution in [0.2, 0.25) is 0 Å². The predicted molar refractivity (Wildman–Crippen MR) is 65.1 cm³/mol. The van der Waals surface area contributed by atoms with Gasteiger partial charge in [-0.1, -0.05) is 27.2 Å². The van der Waals surface area contributed by atoms with Gasteiger partial charge in [-0.3, -0.25) is 0 Å². The molecule has 2 unspecified atom stereocenters. The molecule has 1 rings (SSSR count). The normalized spacial score (nSPS) is 29.3. The lowest BCUT2D eigenvalue weighted by atomic mass is 9.67. The molecule has 1 aliphatic carbocycles. The molecule has 0 saturated heterocycles. The highest BCUT2D eigenvalue weighted by atomic mass is 16.7. The summed E-state index contributed by atoms with van der Waals surface area (Å²) in [6.45, 7) is 7.34. The van der Waals surface area contributed by atoms with E-state index in [0.717, 1.165) is 12.8 Å². The van der Waals surface area contributed by atoms with Crippen molar-refractivity contribution in [3.05, 3.63) is 0 Å². The minimum atomic E-state index is -1.23. The molecule has 0 aromatic carbocycles. The molecule has 0 heterocycles. The van der Waals surface area contributed by atoms with E-state index < -0.39 is 6.16 Å².